The number of Topliss-reactive ketones (excluding diaryl/α,β-unsaturated/α-hetero) is 1. The van der Waals surface area contributed by atoms with Gasteiger partial charge >= 0.3 is 0 Å². The standard InChI is InChI=1S/C10H16N4OS/c1-8(15)2-3-13-4-5-14-7-9(6-11)10(12)16-14/h9,12-13H,2-5,7H2,1H3. The highest BCUT2D eigenvalue weighted by Crippen LogP contribution is 2.25. The Labute approximate surface area is 99.8 Å². The number of ketones is 1. The zero-order chi connectivity index (χ0) is 12.0. The third-order valence-corrected chi connectivity index (χ3v) is 3.35. The van der Waals surface area contributed by atoms with Gasteiger partial charge in [-0.2, -0.15) is 5.26 Å². The van der Waals surface area contributed by atoms with Gasteiger partial charge in [-0.15, -0.1) is 0 Å². The third kappa shape index (κ3) is 4.31. The van der Waals surface area contributed by atoms with E-state index in [9.17, 15) is 4.79 Å². The van der Waals surface area contributed by atoms with Gasteiger partial charge in [0.25, 0.3) is 0 Å². The Morgan fingerprint density at radius 1 is 1.75 bits per heavy atom. The van der Waals surface area contributed by atoms with Gasteiger partial charge < -0.3 is 5.32 Å². The van der Waals surface area contributed by atoms with Crippen molar-refractivity contribution >= 4 is 22.8 Å². The van der Waals surface area contributed by atoms with Gasteiger partial charge in [0.2, 0.25) is 0 Å². The molecule has 0 saturated carbocycles. The van der Waals surface area contributed by atoms with Crippen molar-refractivity contribution in [3.63, 3.8) is 0 Å². The number of carbonyl (C=O) groups excluding carboxylic acids is 1. The largest absolute Gasteiger partial charge is 0.315 e. The van der Waals surface area contributed by atoms with E-state index in [-0.39, 0.29) is 11.7 Å². The molecule has 0 aromatic carbocycles. The molecule has 1 aliphatic rings. The lowest BCUT2D eigenvalue weighted by molar-refractivity contribution is -0.116. The van der Waals surface area contributed by atoms with Gasteiger partial charge in [-0.1, -0.05) is 0 Å². The summed E-state index contributed by atoms with van der Waals surface area (Å²) < 4.78 is 2.01. The normalized spacial score (nSPS) is 21.0. The summed E-state index contributed by atoms with van der Waals surface area (Å²) in [7, 11) is 0. The van der Waals surface area contributed by atoms with Crippen LogP contribution in [0.25, 0.3) is 0 Å². The number of nitriles is 1. The average molecular weight is 240 g/mol. The maximum atomic E-state index is 10.7. The topological polar surface area (TPSA) is 80.0 Å². The van der Waals surface area contributed by atoms with Crippen molar-refractivity contribution in [3.8, 4) is 6.07 Å². The van der Waals surface area contributed by atoms with Gasteiger partial charge in [-0.05, 0) is 18.9 Å². The summed E-state index contributed by atoms with van der Waals surface area (Å²) in [5.41, 5.74) is 0. The lowest BCUT2D eigenvalue weighted by Gasteiger charge is -2.12. The van der Waals surface area contributed by atoms with E-state index in [1.54, 1.807) is 6.92 Å². The summed E-state index contributed by atoms with van der Waals surface area (Å²) in [6.07, 6.45) is 0.559. The number of rotatable bonds is 6. The second-order valence-electron chi connectivity index (χ2n) is 3.73. The molecule has 1 heterocycles. The maximum Gasteiger partial charge on any atom is 0.131 e. The molecule has 2 N–H and O–H groups in total. The predicted molar refractivity (Wildman–Crippen MR) is 64.2 cm³/mol. The van der Waals surface area contributed by atoms with Gasteiger partial charge in [-0.3, -0.25) is 10.2 Å². The molecule has 88 valence electrons. The molecule has 1 saturated heterocycles. The zero-order valence-electron chi connectivity index (χ0n) is 9.32. The highest BCUT2D eigenvalue weighted by Gasteiger charge is 2.28. The first-order chi connectivity index (χ1) is 7.63. The summed E-state index contributed by atoms with van der Waals surface area (Å²) >= 11 is 1.35. The lowest BCUT2D eigenvalue weighted by atomic mass is 10.2. The second kappa shape index (κ2) is 6.63. The lowest BCUT2D eigenvalue weighted by Crippen LogP contribution is -2.28. The molecule has 1 aliphatic heterocycles. The van der Waals surface area contributed by atoms with Crippen LogP contribution >= 0.6 is 11.9 Å². The predicted octanol–water partition coefficient (Wildman–Crippen LogP) is 0.636. The van der Waals surface area contributed by atoms with Crippen LogP contribution in [-0.2, 0) is 4.79 Å². The van der Waals surface area contributed by atoms with Gasteiger partial charge in [0.05, 0.1) is 11.1 Å². The van der Waals surface area contributed by atoms with E-state index in [2.05, 4.69) is 11.4 Å². The van der Waals surface area contributed by atoms with E-state index in [1.165, 1.54) is 11.9 Å². The molecule has 0 amide bonds. The van der Waals surface area contributed by atoms with Gasteiger partial charge in [0.1, 0.15) is 11.7 Å². The van der Waals surface area contributed by atoms with Crippen molar-refractivity contribution in [2.75, 3.05) is 26.2 Å². The molecule has 0 bridgehead atoms. The van der Waals surface area contributed by atoms with E-state index >= 15 is 0 Å². The van der Waals surface area contributed by atoms with Crippen molar-refractivity contribution in [1.29, 1.82) is 10.7 Å². The van der Waals surface area contributed by atoms with E-state index in [4.69, 9.17) is 10.7 Å². The molecule has 5 nitrogen and oxygen atoms in total. The fraction of sp³-hybridized carbons (Fsp3) is 0.700. The van der Waals surface area contributed by atoms with Crippen LogP contribution in [0.15, 0.2) is 0 Å². The smallest absolute Gasteiger partial charge is 0.131 e. The van der Waals surface area contributed by atoms with E-state index in [0.29, 0.717) is 24.6 Å². The van der Waals surface area contributed by atoms with Gasteiger partial charge in [-0.25, -0.2) is 4.31 Å². The minimum atomic E-state index is -0.262. The van der Waals surface area contributed by atoms with Crippen LogP contribution in [-0.4, -0.2) is 41.3 Å². The van der Waals surface area contributed by atoms with E-state index in [1.807, 2.05) is 4.31 Å². The summed E-state index contributed by atoms with van der Waals surface area (Å²) in [5, 5.41) is 19.9. The molecule has 0 spiro atoms. The Kier molecular flexibility index (Phi) is 5.46. The molecular weight excluding hydrogens is 224 g/mol. The summed E-state index contributed by atoms with van der Waals surface area (Å²) in [6, 6.07) is 2.11. The highest BCUT2D eigenvalue weighted by atomic mass is 32.2. The molecule has 0 aromatic rings. The van der Waals surface area contributed by atoms with Crippen LogP contribution in [0.3, 0.4) is 0 Å². The molecule has 16 heavy (non-hydrogen) atoms. The van der Waals surface area contributed by atoms with Crippen LogP contribution in [0.5, 0.6) is 0 Å². The zero-order valence-corrected chi connectivity index (χ0v) is 10.1. The van der Waals surface area contributed by atoms with Crippen molar-refractivity contribution in [2.24, 2.45) is 5.92 Å². The Morgan fingerprint density at radius 3 is 3.06 bits per heavy atom. The molecule has 1 fully saturated rings. The Hall–Kier alpha value is -0.900. The van der Waals surface area contributed by atoms with Gasteiger partial charge in [0, 0.05) is 32.6 Å². The fourth-order valence-electron chi connectivity index (χ4n) is 1.36. The minimum absolute atomic E-state index is 0.189. The van der Waals surface area contributed by atoms with Gasteiger partial charge in [0.15, 0.2) is 0 Å². The molecule has 6 heteroatoms. The molecule has 0 radical (unpaired) electrons. The quantitative estimate of drug-likeness (QED) is 0.526. The number of carbonyl (C=O) groups is 1. The van der Waals surface area contributed by atoms with Crippen LogP contribution in [0.1, 0.15) is 13.3 Å². The van der Waals surface area contributed by atoms with E-state index in [0.717, 1.165) is 13.1 Å². The summed E-state index contributed by atoms with van der Waals surface area (Å²) in [4.78, 5) is 10.7. The first kappa shape index (κ1) is 13.2. The first-order valence-corrected chi connectivity index (χ1v) is 6.02. The molecule has 1 unspecified atom stereocenters. The fourth-order valence-corrected chi connectivity index (χ4v) is 2.29. The van der Waals surface area contributed by atoms with Crippen molar-refractivity contribution in [1.82, 2.24) is 9.62 Å². The molecule has 1 atom stereocenters. The third-order valence-electron chi connectivity index (χ3n) is 2.28. The SMILES string of the molecule is CC(=O)CCNCCN1CC(C#N)C(=N)S1. The molecule has 0 aromatic heterocycles. The highest BCUT2D eigenvalue weighted by molar-refractivity contribution is 8.12. The molecular formula is C10H16N4OS. The average Bonchev–Trinajstić information content (AvgIpc) is 2.58. The minimum Gasteiger partial charge on any atom is -0.315 e. The summed E-state index contributed by atoms with van der Waals surface area (Å²) in [6.45, 7) is 4.49. The molecule has 0 aliphatic carbocycles. The monoisotopic (exact) mass is 240 g/mol. The second-order valence-corrected chi connectivity index (χ2v) is 4.87. The Balaban J connectivity index is 2.09. The number of nitrogens with one attached hydrogen (secondary N) is 2. The van der Waals surface area contributed by atoms with Crippen LogP contribution < -0.4 is 5.32 Å². The maximum absolute atomic E-state index is 10.7. The van der Waals surface area contributed by atoms with E-state index < -0.39 is 0 Å². The number of nitrogens with zero attached hydrogens (tertiary/aromatic N) is 2. The summed E-state index contributed by atoms with van der Waals surface area (Å²) in [5.74, 6) is -0.0726. The molecule has 1 rings (SSSR count). The number of hydrogen-bond donors (Lipinski definition) is 2. The van der Waals surface area contributed by atoms with Crippen LogP contribution in [0.2, 0.25) is 0 Å². The van der Waals surface area contributed by atoms with Crippen molar-refractivity contribution in [3.05, 3.63) is 0 Å². The van der Waals surface area contributed by atoms with Crippen LogP contribution in [0.4, 0.5) is 0 Å². The first-order valence-electron chi connectivity index (χ1n) is 5.24. The van der Waals surface area contributed by atoms with Crippen molar-refractivity contribution < 1.29 is 4.79 Å². The Morgan fingerprint density at radius 2 is 2.50 bits per heavy atom. The Bertz CT molecular complexity index is 312. The van der Waals surface area contributed by atoms with Crippen LogP contribution in [0, 0.1) is 22.7 Å². The van der Waals surface area contributed by atoms with Crippen molar-refractivity contribution in [2.45, 2.75) is 13.3 Å². The number of hydrogen-bond acceptors (Lipinski definition) is 6.